The molecule has 1 saturated carbocycles. The largest absolute Gasteiger partial charge is 0.459 e. The third kappa shape index (κ3) is 9.99. The summed E-state index contributed by atoms with van der Waals surface area (Å²) in [5.74, 6) is 0.125. The zero-order chi connectivity index (χ0) is 44.7. The summed E-state index contributed by atoms with van der Waals surface area (Å²) in [6.07, 6.45) is 8.54. The number of hydrogen-bond donors (Lipinski definition) is 2. The molecule has 1 heterocycles. The Bertz CT molecular complexity index is 2290. The molecule has 0 saturated heterocycles. The third-order valence-corrected chi connectivity index (χ3v) is 12.9. The van der Waals surface area contributed by atoms with Gasteiger partial charge in [-0.25, -0.2) is 4.79 Å². The minimum atomic E-state index is -1.43. The lowest BCUT2D eigenvalue weighted by Gasteiger charge is -2.60. The number of carbonyl (C=O) groups excluding carboxylic acids is 1. The number of rotatable bonds is 18. The third-order valence-electron chi connectivity index (χ3n) is 12.9. The molecular weight excluding hydrogens is 793 g/mol. The van der Waals surface area contributed by atoms with Crippen molar-refractivity contribution >= 4 is 22.6 Å². The van der Waals surface area contributed by atoms with E-state index in [2.05, 4.69) is 69.0 Å². The average Bonchev–Trinajstić information content (AvgIpc) is 3.26. The van der Waals surface area contributed by atoms with E-state index in [1.165, 1.54) is 5.56 Å². The second-order valence-corrected chi connectivity index (χ2v) is 18.3. The molecule has 3 aliphatic rings. The first-order valence-corrected chi connectivity index (χ1v) is 22.8. The molecule has 4 aromatic rings. The van der Waals surface area contributed by atoms with Gasteiger partial charge < -0.3 is 34.0 Å². The smallest absolute Gasteiger partial charge is 0.410 e. The van der Waals surface area contributed by atoms with Crippen LogP contribution in [0, 0.1) is 31.6 Å². The van der Waals surface area contributed by atoms with Gasteiger partial charge in [0, 0.05) is 31.1 Å². The number of allylic oxidation sites excluding steroid dienone is 1. The van der Waals surface area contributed by atoms with Gasteiger partial charge in [0.1, 0.15) is 28.9 Å². The van der Waals surface area contributed by atoms with Gasteiger partial charge in [-0.15, -0.1) is 6.58 Å². The Hall–Kier alpha value is -5.16. The first-order chi connectivity index (χ1) is 30.4. The molecule has 6 atom stereocenters. The molecule has 1 fully saturated rings. The van der Waals surface area contributed by atoms with Gasteiger partial charge in [-0.05, 0) is 142 Å². The zero-order valence-electron chi connectivity index (χ0n) is 38.0. The Labute approximate surface area is 373 Å². The lowest BCUT2D eigenvalue weighted by Crippen LogP contribution is -2.70. The maximum atomic E-state index is 14.7. The van der Waals surface area contributed by atoms with Gasteiger partial charge in [-0.2, -0.15) is 0 Å². The summed E-state index contributed by atoms with van der Waals surface area (Å²) >= 11 is 0. The monoisotopic (exact) mass is 858 g/mol. The van der Waals surface area contributed by atoms with Crippen molar-refractivity contribution in [2.24, 2.45) is 22.9 Å². The van der Waals surface area contributed by atoms with E-state index in [4.69, 9.17) is 28.9 Å². The maximum Gasteiger partial charge on any atom is 0.410 e. The topological polar surface area (TPSA) is 119 Å². The Morgan fingerprint density at radius 1 is 0.937 bits per heavy atom. The summed E-state index contributed by atoms with van der Waals surface area (Å²) in [6, 6.07) is 25.8. The molecule has 0 spiro atoms. The minimum absolute atomic E-state index is 0.0628. The van der Waals surface area contributed by atoms with Gasteiger partial charge in [0.15, 0.2) is 0 Å². The van der Waals surface area contributed by atoms with E-state index >= 15 is 0 Å². The van der Waals surface area contributed by atoms with Gasteiger partial charge in [0.25, 0.3) is 0 Å². The number of unbranched alkanes of at least 4 members (excludes halogenated alkanes) is 2. The molecule has 2 N–H and O–H groups in total. The number of nitrogens with zero attached hydrogens (tertiary/aromatic N) is 2. The van der Waals surface area contributed by atoms with Crippen molar-refractivity contribution in [1.29, 1.82) is 0 Å². The van der Waals surface area contributed by atoms with E-state index in [-0.39, 0.29) is 57.1 Å². The number of aryl methyl sites for hydroxylation is 2. The average molecular weight is 859 g/mol. The Balaban J connectivity index is 1.48. The van der Waals surface area contributed by atoms with Gasteiger partial charge in [-0.1, -0.05) is 78.7 Å². The van der Waals surface area contributed by atoms with Crippen LogP contribution in [-0.4, -0.2) is 70.8 Å². The summed E-state index contributed by atoms with van der Waals surface area (Å²) in [6.45, 7) is 16.8. The van der Waals surface area contributed by atoms with Gasteiger partial charge in [0.2, 0.25) is 5.79 Å². The number of carbonyl (C=O) groups is 1. The van der Waals surface area contributed by atoms with Crippen LogP contribution in [0.1, 0.15) is 101 Å². The summed E-state index contributed by atoms with van der Waals surface area (Å²) in [5.41, 5.74) is 5.37. The summed E-state index contributed by atoms with van der Waals surface area (Å²) in [7, 11) is 0. The summed E-state index contributed by atoms with van der Waals surface area (Å²) in [4.78, 5) is 22.8. The molecule has 0 aromatic heterocycles. The van der Waals surface area contributed by atoms with Gasteiger partial charge in [-0.3, -0.25) is 4.90 Å². The molecule has 2 aliphatic carbocycles. The summed E-state index contributed by atoms with van der Waals surface area (Å²) < 4.78 is 27.2. The first-order valence-electron chi connectivity index (χ1n) is 22.8. The van der Waals surface area contributed by atoms with Crippen LogP contribution in [0.2, 0.25) is 0 Å². The van der Waals surface area contributed by atoms with Crippen LogP contribution in [0.4, 0.5) is 4.79 Å². The predicted molar refractivity (Wildman–Crippen MR) is 248 cm³/mol. The van der Waals surface area contributed by atoms with Crippen LogP contribution >= 0.6 is 0 Å². The van der Waals surface area contributed by atoms with Crippen LogP contribution in [0.25, 0.3) is 10.8 Å². The molecular formula is C53H66N2O8. The Morgan fingerprint density at radius 3 is 2.40 bits per heavy atom. The van der Waals surface area contributed by atoms with E-state index in [9.17, 15) is 15.0 Å². The van der Waals surface area contributed by atoms with Crippen molar-refractivity contribution < 1.29 is 38.8 Å². The standard InChI is InChI=1S/C53H66N2O8/c1-8-29-60-53-48(55(51(58)59-9-2)34-39-20-16-19-37-17-10-11-21-42(37)39)33-46(54-63-52(5,6)7)44-31-38(18-12-14-27-56)43(22-13-15-28-57)49(50(44)53)45-32-41(25-26-47(45)62-53)61-40-24-23-35(3)36(4)30-40/h8,10-11,16-17,19-21,23-26,30-32,38,43,48-50,56-57H,1,9,12-15,18,22,27-29,33-34H2,2-7H3/t38-,43+,48-,49+,50+,53+/m0/s1. The number of amides is 1. The number of ether oxygens (including phenoxy) is 4. The molecule has 0 unspecified atom stereocenters. The van der Waals surface area contributed by atoms with Crippen molar-refractivity contribution in [1.82, 2.24) is 4.90 Å². The van der Waals surface area contributed by atoms with Crippen molar-refractivity contribution in [3.05, 3.63) is 125 Å². The molecule has 63 heavy (non-hydrogen) atoms. The fraction of sp³-hybridized carbons (Fsp3) is 0.472. The second kappa shape index (κ2) is 20.1. The van der Waals surface area contributed by atoms with Crippen LogP contribution < -0.4 is 9.47 Å². The molecule has 10 heteroatoms. The highest BCUT2D eigenvalue weighted by Gasteiger charge is 2.65. The minimum Gasteiger partial charge on any atom is -0.459 e. The zero-order valence-corrected chi connectivity index (χ0v) is 38.0. The van der Waals surface area contributed by atoms with Crippen molar-refractivity contribution in [3.63, 3.8) is 0 Å². The number of benzene rings is 4. The van der Waals surface area contributed by atoms with Crippen LogP contribution in [0.3, 0.4) is 0 Å². The van der Waals surface area contributed by atoms with E-state index < -0.39 is 29.4 Å². The Kier molecular flexibility index (Phi) is 14.6. The fourth-order valence-corrected chi connectivity index (χ4v) is 9.94. The van der Waals surface area contributed by atoms with E-state index in [0.717, 1.165) is 70.2 Å². The van der Waals surface area contributed by atoms with Crippen LogP contribution in [0.5, 0.6) is 17.2 Å². The molecule has 1 aliphatic heterocycles. The highest BCUT2D eigenvalue weighted by Crippen LogP contribution is 2.62. The van der Waals surface area contributed by atoms with Gasteiger partial charge in [0.05, 0.1) is 31.4 Å². The molecule has 336 valence electrons. The molecule has 10 nitrogen and oxygen atoms in total. The first kappa shape index (κ1) is 45.9. The normalized spacial score (nSPS) is 23.3. The number of oxime groups is 1. The lowest BCUT2D eigenvalue weighted by atomic mass is 9.55. The van der Waals surface area contributed by atoms with Crippen molar-refractivity contribution in [2.75, 3.05) is 26.4 Å². The predicted octanol–water partition coefficient (Wildman–Crippen LogP) is 11.3. The number of fused-ring (bicyclic) bond motifs is 3. The Morgan fingerprint density at radius 2 is 1.67 bits per heavy atom. The summed E-state index contributed by atoms with van der Waals surface area (Å²) in [5, 5.41) is 27.1. The molecule has 1 amide bonds. The number of aliphatic hydroxyl groups excluding tert-OH is 2. The van der Waals surface area contributed by atoms with Crippen molar-refractivity contribution in [3.8, 4) is 17.2 Å². The van der Waals surface area contributed by atoms with E-state index in [0.29, 0.717) is 24.3 Å². The number of aliphatic hydroxyl groups is 2. The van der Waals surface area contributed by atoms with Crippen molar-refractivity contribution in [2.45, 2.75) is 116 Å². The maximum absolute atomic E-state index is 14.7. The fourth-order valence-electron chi connectivity index (χ4n) is 9.94. The highest BCUT2D eigenvalue weighted by molar-refractivity contribution is 6.03. The molecule has 4 aromatic carbocycles. The van der Waals surface area contributed by atoms with E-state index in [1.807, 2.05) is 64.1 Å². The number of hydrogen-bond acceptors (Lipinski definition) is 9. The molecule has 7 rings (SSSR count). The highest BCUT2D eigenvalue weighted by atomic mass is 16.7. The molecule has 0 radical (unpaired) electrons. The van der Waals surface area contributed by atoms with Gasteiger partial charge >= 0.3 is 6.09 Å². The van der Waals surface area contributed by atoms with Crippen LogP contribution in [-0.2, 0) is 20.9 Å². The molecule has 0 bridgehead atoms. The quantitative estimate of drug-likeness (QED) is 0.0577. The SMILES string of the molecule is C=CCO[C@@]12Oc3ccc(Oc4ccc(C)c(C)c4)cc3[C@H]3[C@H](CCCCO)[C@@H](CCCCO)C=C(C(=NOC(C)(C)C)C[C@@H]1N(Cc1cccc4ccccc14)C(=O)OCC)[C@H]32. The van der Waals surface area contributed by atoms with Crippen LogP contribution in [0.15, 0.2) is 108 Å². The lowest BCUT2D eigenvalue weighted by molar-refractivity contribution is -0.256. The second-order valence-electron chi connectivity index (χ2n) is 18.3. The van der Waals surface area contributed by atoms with E-state index in [1.54, 1.807) is 11.0 Å².